The Morgan fingerprint density at radius 3 is 2.94 bits per heavy atom. The molecule has 2 fully saturated rings. The predicted octanol–water partition coefficient (Wildman–Crippen LogP) is 2.51. The normalized spacial score (nSPS) is 30.1. The summed E-state index contributed by atoms with van der Waals surface area (Å²) in [5.74, 6) is 0.604. The Morgan fingerprint density at radius 2 is 2.17 bits per heavy atom. The largest absolute Gasteiger partial charge is 0.460 e. The lowest BCUT2D eigenvalue weighted by molar-refractivity contribution is -0.147. The molecule has 3 atom stereocenters. The Morgan fingerprint density at radius 1 is 1.33 bits per heavy atom. The van der Waals surface area contributed by atoms with Crippen LogP contribution in [0.15, 0.2) is 30.3 Å². The van der Waals surface area contributed by atoms with Crippen molar-refractivity contribution in [2.45, 2.75) is 44.4 Å². The van der Waals surface area contributed by atoms with Gasteiger partial charge in [0.15, 0.2) is 0 Å². The highest BCUT2D eigenvalue weighted by Gasteiger charge is 2.40. The maximum Gasteiger partial charge on any atom is 0.323 e. The summed E-state index contributed by atoms with van der Waals surface area (Å²) in [6.45, 7) is 0.382. The molecule has 3 heteroatoms. The molecule has 98 valence electrons. The maximum absolute atomic E-state index is 12.0. The summed E-state index contributed by atoms with van der Waals surface area (Å²) in [7, 11) is 0. The molecule has 1 aliphatic carbocycles. The summed E-state index contributed by atoms with van der Waals surface area (Å²) in [5, 5.41) is 3.41. The number of benzene rings is 1. The van der Waals surface area contributed by atoms with E-state index in [2.05, 4.69) is 5.32 Å². The first-order valence-corrected chi connectivity index (χ1v) is 6.79. The van der Waals surface area contributed by atoms with Gasteiger partial charge in [-0.2, -0.15) is 0 Å². The number of hydrogen-bond donors (Lipinski definition) is 1. The van der Waals surface area contributed by atoms with Crippen LogP contribution in [0, 0.1) is 5.92 Å². The molecular formula is C15H21NO2. The van der Waals surface area contributed by atoms with Crippen LogP contribution in [-0.2, 0) is 16.1 Å². The molecule has 0 radical (unpaired) electrons. The van der Waals surface area contributed by atoms with Crippen LogP contribution in [0.3, 0.4) is 0 Å². The SMILES string of the molecule is O=C(OCc1ccccc1)[C@@H]1C[C@@H]2CCC[C@@H]2N1.[HH]. The fourth-order valence-corrected chi connectivity index (χ4v) is 3.16. The summed E-state index contributed by atoms with van der Waals surface area (Å²) in [6, 6.07) is 10.3. The molecule has 0 aromatic heterocycles. The van der Waals surface area contributed by atoms with Crippen molar-refractivity contribution in [1.29, 1.82) is 0 Å². The Kier molecular flexibility index (Phi) is 3.33. The average molecular weight is 247 g/mol. The second-order valence-corrected chi connectivity index (χ2v) is 5.35. The minimum Gasteiger partial charge on any atom is -0.460 e. The van der Waals surface area contributed by atoms with E-state index in [0.717, 1.165) is 12.0 Å². The summed E-state index contributed by atoms with van der Waals surface area (Å²) in [4.78, 5) is 12.0. The van der Waals surface area contributed by atoms with E-state index in [1.807, 2.05) is 30.3 Å². The fraction of sp³-hybridized carbons (Fsp3) is 0.533. The molecule has 1 saturated heterocycles. The van der Waals surface area contributed by atoms with Crippen LogP contribution in [0.1, 0.15) is 32.7 Å². The lowest BCUT2D eigenvalue weighted by atomic mass is 10.0. The van der Waals surface area contributed by atoms with E-state index < -0.39 is 0 Å². The Bertz CT molecular complexity index is 411. The summed E-state index contributed by atoms with van der Waals surface area (Å²) in [6.07, 6.45) is 4.74. The highest BCUT2D eigenvalue weighted by molar-refractivity contribution is 5.76. The van der Waals surface area contributed by atoms with E-state index in [-0.39, 0.29) is 13.4 Å². The number of nitrogens with one attached hydrogen (secondary N) is 1. The Balaban J connectivity index is 0.00000133. The van der Waals surface area contributed by atoms with Crippen molar-refractivity contribution in [3.05, 3.63) is 35.9 Å². The minimum atomic E-state index is -0.0896. The monoisotopic (exact) mass is 247 g/mol. The predicted molar refractivity (Wildman–Crippen MR) is 71.0 cm³/mol. The molecule has 0 spiro atoms. The van der Waals surface area contributed by atoms with Crippen LogP contribution in [0.5, 0.6) is 0 Å². The van der Waals surface area contributed by atoms with Crippen LogP contribution >= 0.6 is 0 Å². The van der Waals surface area contributed by atoms with Crippen LogP contribution < -0.4 is 5.32 Å². The van der Waals surface area contributed by atoms with Gasteiger partial charge in [0, 0.05) is 7.47 Å². The first kappa shape index (κ1) is 11.7. The van der Waals surface area contributed by atoms with Gasteiger partial charge >= 0.3 is 5.97 Å². The number of rotatable bonds is 3. The first-order chi connectivity index (χ1) is 8.83. The topological polar surface area (TPSA) is 38.3 Å². The molecule has 1 aromatic rings. The van der Waals surface area contributed by atoms with Gasteiger partial charge in [-0.25, -0.2) is 0 Å². The summed E-state index contributed by atoms with van der Waals surface area (Å²) >= 11 is 0. The van der Waals surface area contributed by atoms with Gasteiger partial charge in [0.05, 0.1) is 0 Å². The van der Waals surface area contributed by atoms with Crippen LogP contribution in [0.25, 0.3) is 0 Å². The van der Waals surface area contributed by atoms with Gasteiger partial charge in [0.25, 0.3) is 0 Å². The zero-order chi connectivity index (χ0) is 12.4. The third kappa shape index (κ3) is 2.41. The van der Waals surface area contributed by atoms with Gasteiger partial charge in [-0.3, -0.25) is 4.79 Å². The van der Waals surface area contributed by atoms with Crippen molar-refractivity contribution in [2.24, 2.45) is 5.92 Å². The third-order valence-corrected chi connectivity index (χ3v) is 4.12. The number of esters is 1. The van der Waals surface area contributed by atoms with Crippen molar-refractivity contribution in [3.63, 3.8) is 0 Å². The van der Waals surface area contributed by atoms with E-state index in [1.165, 1.54) is 19.3 Å². The van der Waals surface area contributed by atoms with Crippen LogP contribution in [0.2, 0.25) is 0 Å². The molecule has 18 heavy (non-hydrogen) atoms. The maximum atomic E-state index is 12.0. The van der Waals surface area contributed by atoms with Gasteiger partial charge in [0.2, 0.25) is 0 Å². The molecule has 0 unspecified atom stereocenters. The molecule has 1 aliphatic heterocycles. The average Bonchev–Trinajstić information content (AvgIpc) is 2.98. The van der Waals surface area contributed by atoms with Gasteiger partial charge in [-0.15, -0.1) is 0 Å². The van der Waals surface area contributed by atoms with Gasteiger partial charge in [-0.05, 0) is 30.7 Å². The van der Waals surface area contributed by atoms with Crippen molar-refractivity contribution < 1.29 is 11.0 Å². The van der Waals surface area contributed by atoms with E-state index in [1.54, 1.807) is 0 Å². The number of carbonyl (C=O) groups excluding carboxylic acids is 1. The molecule has 1 heterocycles. The molecule has 3 rings (SSSR count). The van der Waals surface area contributed by atoms with Crippen molar-refractivity contribution in [1.82, 2.24) is 5.32 Å². The van der Waals surface area contributed by atoms with Crippen molar-refractivity contribution in [3.8, 4) is 0 Å². The smallest absolute Gasteiger partial charge is 0.323 e. The zero-order valence-electron chi connectivity index (χ0n) is 10.5. The van der Waals surface area contributed by atoms with E-state index >= 15 is 0 Å². The lowest BCUT2D eigenvalue weighted by Crippen LogP contribution is -2.36. The number of fused-ring (bicyclic) bond motifs is 1. The molecule has 1 aromatic carbocycles. The second-order valence-electron chi connectivity index (χ2n) is 5.35. The molecule has 3 nitrogen and oxygen atoms in total. The molecule has 0 bridgehead atoms. The summed E-state index contributed by atoms with van der Waals surface area (Å²) < 4.78 is 5.38. The van der Waals surface area contributed by atoms with Crippen molar-refractivity contribution in [2.75, 3.05) is 0 Å². The number of hydrogen-bond acceptors (Lipinski definition) is 3. The van der Waals surface area contributed by atoms with Gasteiger partial charge < -0.3 is 10.1 Å². The lowest BCUT2D eigenvalue weighted by Gasteiger charge is -2.12. The van der Waals surface area contributed by atoms with Gasteiger partial charge in [0.1, 0.15) is 12.6 Å². The minimum absolute atomic E-state index is 0. The first-order valence-electron chi connectivity index (χ1n) is 6.79. The third-order valence-electron chi connectivity index (χ3n) is 4.12. The standard InChI is InChI=1S/C15H19NO2.H2/c17-15(18-10-11-5-2-1-3-6-11)14-9-12-7-4-8-13(12)16-14;/h1-3,5-6,12-14,16H,4,7-10H2;1H/t12-,13-,14-;/m0./s1. The highest BCUT2D eigenvalue weighted by atomic mass is 16.5. The highest BCUT2D eigenvalue weighted by Crippen LogP contribution is 2.34. The summed E-state index contributed by atoms with van der Waals surface area (Å²) in [5.41, 5.74) is 1.05. The van der Waals surface area contributed by atoms with E-state index in [9.17, 15) is 4.79 Å². The number of carbonyl (C=O) groups is 1. The Labute approximate surface area is 109 Å². The molecule has 1 N–H and O–H groups in total. The van der Waals surface area contributed by atoms with Gasteiger partial charge in [-0.1, -0.05) is 36.8 Å². The second kappa shape index (κ2) is 5.11. The molecule has 0 amide bonds. The molecular weight excluding hydrogens is 226 g/mol. The van der Waals surface area contributed by atoms with Crippen LogP contribution in [-0.4, -0.2) is 18.1 Å². The fourth-order valence-electron chi connectivity index (χ4n) is 3.16. The van der Waals surface area contributed by atoms with E-state index in [4.69, 9.17) is 4.74 Å². The van der Waals surface area contributed by atoms with E-state index in [0.29, 0.717) is 18.6 Å². The number of ether oxygens (including phenoxy) is 1. The zero-order valence-corrected chi connectivity index (χ0v) is 10.5. The quantitative estimate of drug-likeness (QED) is 0.834. The Hall–Kier alpha value is -1.35. The van der Waals surface area contributed by atoms with Crippen LogP contribution in [0.4, 0.5) is 0 Å². The molecule has 1 saturated carbocycles. The van der Waals surface area contributed by atoms with Crippen molar-refractivity contribution >= 4 is 5.97 Å². The molecule has 2 aliphatic rings.